The van der Waals surface area contributed by atoms with Crippen LogP contribution in [0.15, 0.2) is 24.3 Å². The molecular formula is C15H22N2O3. The van der Waals surface area contributed by atoms with Crippen LogP contribution in [0.3, 0.4) is 0 Å². The Bertz CT molecular complexity index is 458. The number of amides is 1. The van der Waals surface area contributed by atoms with Gasteiger partial charge in [0.1, 0.15) is 5.75 Å². The summed E-state index contributed by atoms with van der Waals surface area (Å²) in [4.78, 5) is 16.0. The lowest BCUT2D eigenvalue weighted by molar-refractivity contribution is -0.136. The van der Waals surface area contributed by atoms with Gasteiger partial charge in [-0.1, -0.05) is 12.1 Å². The second kappa shape index (κ2) is 6.72. The zero-order valence-electron chi connectivity index (χ0n) is 12.1. The maximum absolute atomic E-state index is 12.2. The average molecular weight is 278 g/mol. The van der Waals surface area contributed by atoms with Gasteiger partial charge in [-0.05, 0) is 31.7 Å². The molecule has 20 heavy (non-hydrogen) atoms. The van der Waals surface area contributed by atoms with E-state index in [4.69, 9.17) is 4.74 Å². The Morgan fingerprint density at radius 3 is 2.80 bits per heavy atom. The van der Waals surface area contributed by atoms with Crippen molar-refractivity contribution in [2.75, 3.05) is 39.9 Å². The van der Waals surface area contributed by atoms with Crippen molar-refractivity contribution in [1.29, 1.82) is 0 Å². The van der Waals surface area contributed by atoms with Crippen molar-refractivity contribution in [2.24, 2.45) is 0 Å². The number of carbonyl (C=O) groups excluding carboxylic acids is 1. The average Bonchev–Trinajstić information content (AvgIpc) is 2.47. The quantitative estimate of drug-likeness (QED) is 0.900. The summed E-state index contributed by atoms with van der Waals surface area (Å²) in [6, 6.07) is 7.24. The number of nitrogens with zero attached hydrogens (tertiary/aromatic N) is 2. The van der Waals surface area contributed by atoms with Gasteiger partial charge < -0.3 is 14.7 Å². The van der Waals surface area contributed by atoms with Gasteiger partial charge in [0.2, 0.25) is 5.91 Å². The van der Waals surface area contributed by atoms with E-state index in [0.717, 1.165) is 5.56 Å². The first kappa shape index (κ1) is 14.8. The lowest BCUT2D eigenvalue weighted by atomic mass is 10.1. The van der Waals surface area contributed by atoms with Crippen LogP contribution in [0, 0.1) is 0 Å². The number of benzene rings is 1. The normalized spacial score (nSPS) is 17.2. The van der Waals surface area contributed by atoms with Gasteiger partial charge in [0.05, 0.1) is 19.8 Å². The number of rotatable bonds is 4. The number of ether oxygens (including phenoxy) is 1. The van der Waals surface area contributed by atoms with Crippen LogP contribution in [-0.2, 0) is 9.53 Å². The van der Waals surface area contributed by atoms with E-state index >= 15 is 0 Å². The highest BCUT2D eigenvalue weighted by Crippen LogP contribution is 2.22. The number of hydrogen-bond donors (Lipinski definition) is 1. The highest BCUT2D eigenvalue weighted by Gasteiger charge is 2.21. The zero-order chi connectivity index (χ0) is 14.5. The Labute approximate surface area is 119 Å². The standard InChI is InChI=1S/C15H22N2O3/c1-12(13-4-3-5-14(18)10-13)16(2)11-15(19)17-6-8-20-9-7-17/h3-5,10,12,18H,6-9,11H2,1-2H3. The molecule has 5 nitrogen and oxygen atoms in total. The van der Waals surface area contributed by atoms with Gasteiger partial charge >= 0.3 is 0 Å². The van der Waals surface area contributed by atoms with Crippen molar-refractivity contribution in [1.82, 2.24) is 9.80 Å². The number of phenolic OH excluding ortho intramolecular Hbond substituents is 1. The number of hydrogen-bond acceptors (Lipinski definition) is 4. The minimum absolute atomic E-state index is 0.0760. The van der Waals surface area contributed by atoms with E-state index in [0.29, 0.717) is 32.8 Å². The van der Waals surface area contributed by atoms with Crippen molar-refractivity contribution in [2.45, 2.75) is 13.0 Å². The molecule has 0 radical (unpaired) electrons. The molecule has 2 rings (SSSR count). The van der Waals surface area contributed by atoms with Crippen LogP contribution in [0.1, 0.15) is 18.5 Å². The van der Waals surface area contributed by atoms with E-state index in [2.05, 4.69) is 0 Å². The highest BCUT2D eigenvalue weighted by molar-refractivity contribution is 5.78. The third kappa shape index (κ3) is 3.71. The van der Waals surface area contributed by atoms with Crippen LogP contribution in [0.2, 0.25) is 0 Å². The van der Waals surface area contributed by atoms with Gasteiger partial charge in [0.15, 0.2) is 0 Å². The van der Waals surface area contributed by atoms with Gasteiger partial charge in [0, 0.05) is 19.1 Å². The van der Waals surface area contributed by atoms with Gasteiger partial charge in [0.25, 0.3) is 0 Å². The van der Waals surface area contributed by atoms with Crippen LogP contribution in [0.25, 0.3) is 0 Å². The molecule has 110 valence electrons. The maximum atomic E-state index is 12.2. The predicted octanol–water partition coefficient (Wildman–Crippen LogP) is 1.24. The summed E-state index contributed by atoms with van der Waals surface area (Å²) in [7, 11) is 1.92. The molecule has 1 aromatic rings. The topological polar surface area (TPSA) is 53.0 Å². The Morgan fingerprint density at radius 2 is 2.15 bits per heavy atom. The van der Waals surface area contributed by atoms with E-state index in [-0.39, 0.29) is 17.7 Å². The molecule has 1 saturated heterocycles. The SMILES string of the molecule is CC(c1cccc(O)c1)N(C)CC(=O)N1CCOCC1. The first-order valence-corrected chi connectivity index (χ1v) is 6.92. The van der Waals surface area contributed by atoms with Gasteiger partial charge in [-0.2, -0.15) is 0 Å². The summed E-state index contributed by atoms with van der Waals surface area (Å²) in [5, 5.41) is 9.52. The fourth-order valence-electron chi connectivity index (χ4n) is 2.30. The maximum Gasteiger partial charge on any atom is 0.236 e. The molecule has 1 heterocycles. The van der Waals surface area contributed by atoms with Crippen molar-refractivity contribution >= 4 is 5.91 Å². The lowest BCUT2D eigenvalue weighted by Crippen LogP contribution is -2.45. The third-order valence-electron chi connectivity index (χ3n) is 3.76. The monoisotopic (exact) mass is 278 g/mol. The highest BCUT2D eigenvalue weighted by atomic mass is 16.5. The Kier molecular flexibility index (Phi) is 4.98. The first-order valence-electron chi connectivity index (χ1n) is 6.92. The molecule has 0 spiro atoms. The molecule has 1 aromatic carbocycles. The molecule has 1 atom stereocenters. The molecule has 1 N–H and O–H groups in total. The fourth-order valence-corrected chi connectivity index (χ4v) is 2.30. The molecule has 1 aliphatic rings. The minimum Gasteiger partial charge on any atom is -0.508 e. The largest absolute Gasteiger partial charge is 0.508 e. The number of likely N-dealkylation sites (N-methyl/N-ethyl adjacent to an activating group) is 1. The third-order valence-corrected chi connectivity index (χ3v) is 3.76. The van der Waals surface area contributed by atoms with Crippen LogP contribution in [-0.4, -0.2) is 60.7 Å². The summed E-state index contributed by atoms with van der Waals surface area (Å²) in [5.41, 5.74) is 1.00. The summed E-state index contributed by atoms with van der Waals surface area (Å²) in [5.74, 6) is 0.380. The number of carbonyl (C=O) groups is 1. The molecular weight excluding hydrogens is 256 g/mol. The predicted molar refractivity (Wildman–Crippen MR) is 76.6 cm³/mol. The zero-order valence-corrected chi connectivity index (χ0v) is 12.1. The molecule has 1 fully saturated rings. The summed E-state index contributed by atoms with van der Waals surface area (Å²) >= 11 is 0. The molecule has 1 aliphatic heterocycles. The van der Waals surface area contributed by atoms with E-state index in [1.54, 1.807) is 12.1 Å². The lowest BCUT2D eigenvalue weighted by Gasteiger charge is -2.31. The van der Waals surface area contributed by atoms with Crippen LogP contribution >= 0.6 is 0 Å². The Balaban J connectivity index is 1.93. The molecule has 0 aliphatic carbocycles. The van der Waals surface area contributed by atoms with Gasteiger partial charge in [-0.15, -0.1) is 0 Å². The summed E-state index contributed by atoms with van der Waals surface area (Å²) in [6.07, 6.45) is 0. The van der Waals surface area contributed by atoms with Crippen molar-refractivity contribution in [3.63, 3.8) is 0 Å². The van der Waals surface area contributed by atoms with Crippen molar-refractivity contribution in [3.05, 3.63) is 29.8 Å². The number of morpholine rings is 1. The summed E-state index contributed by atoms with van der Waals surface area (Å²) in [6.45, 7) is 4.99. The van der Waals surface area contributed by atoms with Gasteiger partial charge in [-0.25, -0.2) is 0 Å². The minimum atomic E-state index is 0.0760. The smallest absolute Gasteiger partial charge is 0.236 e. The number of phenols is 1. The first-order chi connectivity index (χ1) is 9.58. The molecule has 5 heteroatoms. The van der Waals surface area contributed by atoms with Crippen LogP contribution < -0.4 is 0 Å². The fraction of sp³-hybridized carbons (Fsp3) is 0.533. The van der Waals surface area contributed by atoms with E-state index in [9.17, 15) is 9.90 Å². The van der Waals surface area contributed by atoms with E-state index in [1.165, 1.54) is 0 Å². The van der Waals surface area contributed by atoms with E-state index < -0.39 is 0 Å². The second-order valence-electron chi connectivity index (χ2n) is 5.18. The van der Waals surface area contributed by atoms with Crippen LogP contribution in [0.5, 0.6) is 5.75 Å². The van der Waals surface area contributed by atoms with Crippen molar-refractivity contribution < 1.29 is 14.6 Å². The van der Waals surface area contributed by atoms with E-state index in [1.807, 2.05) is 35.9 Å². The van der Waals surface area contributed by atoms with Gasteiger partial charge in [-0.3, -0.25) is 9.69 Å². The number of aromatic hydroxyl groups is 1. The molecule has 1 amide bonds. The molecule has 0 aromatic heterocycles. The summed E-state index contributed by atoms with van der Waals surface area (Å²) < 4.78 is 5.25. The Hall–Kier alpha value is -1.59. The van der Waals surface area contributed by atoms with Crippen LogP contribution in [0.4, 0.5) is 0 Å². The molecule has 0 saturated carbocycles. The second-order valence-corrected chi connectivity index (χ2v) is 5.18. The molecule has 1 unspecified atom stereocenters. The molecule has 0 bridgehead atoms. The Morgan fingerprint density at radius 1 is 1.45 bits per heavy atom. The van der Waals surface area contributed by atoms with Crippen molar-refractivity contribution in [3.8, 4) is 5.75 Å².